The molecule has 2 heterocycles. The smallest absolute Gasteiger partial charge is 0.274 e. The normalized spacial score (nSPS) is 10.8. The second kappa shape index (κ2) is 6.88. The Morgan fingerprint density at radius 1 is 1.38 bits per heavy atom. The highest BCUT2D eigenvalue weighted by molar-refractivity contribution is 7.98. The van der Waals surface area contributed by atoms with E-state index in [-0.39, 0.29) is 17.0 Å². The summed E-state index contributed by atoms with van der Waals surface area (Å²) in [6, 6.07) is 5.82. The summed E-state index contributed by atoms with van der Waals surface area (Å²) in [4.78, 5) is 21.9. The van der Waals surface area contributed by atoms with Crippen LogP contribution in [0.4, 0.5) is 5.69 Å². The van der Waals surface area contributed by atoms with Crippen LogP contribution in [-0.4, -0.2) is 25.7 Å². The molecule has 26 heavy (non-hydrogen) atoms. The monoisotopic (exact) mass is 374 g/mol. The third kappa shape index (κ3) is 3.24. The molecule has 0 fully saturated rings. The maximum atomic E-state index is 11.2. The van der Waals surface area contributed by atoms with E-state index in [1.54, 1.807) is 13.0 Å². The summed E-state index contributed by atoms with van der Waals surface area (Å²) >= 11 is 1.18. The fourth-order valence-corrected chi connectivity index (χ4v) is 3.18. The zero-order valence-electron chi connectivity index (χ0n) is 13.6. The van der Waals surface area contributed by atoms with Gasteiger partial charge in [0, 0.05) is 22.9 Å². The third-order valence-corrected chi connectivity index (χ3v) is 4.68. The number of hydrogen-bond donors (Lipinski definition) is 2. The molecule has 11 heteroatoms. The lowest BCUT2D eigenvalue weighted by molar-refractivity contribution is -0.385. The van der Waals surface area contributed by atoms with Gasteiger partial charge in [-0.2, -0.15) is 0 Å². The van der Waals surface area contributed by atoms with Crippen molar-refractivity contribution in [2.24, 2.45) is 5.73 Å². The largest absolute Gasteiger partial charge is 0.469 e. The van der Waals surface area contributed by atoms with E-state index in [2.05, 4.69) is 10.2 Å². The molecule has 3 rings (SSSR count). The lowest BCUT2D eigenvalue weighted by Crippen LogP contribution is -2.12. The fourth-order valence-electron chi connectivity index (χ4n) is 2.33. The Balaban J connectivity index is 1.84. The number of thioether (sulfide) groups is 1. The summed E-state index contributed by atoms with van der Waals surface area (Å²) in [6.07, 6.45) is 1.52. The molecule has 0 aliphatic carbocycles. The molecule has 3 aromatic rings. The molecule has 0 atom stereocenters. The van der Waals surface area contributed by atoms with Crippen molar-refractivity contribution in [1.82, 2.24) is 14.9 Å². The average Bonchev–Trinajstić information content (AvgIpc) is 3.18. The SMILES string of the molecule is Cc1occc1-c1nnc(SCc2ccc(C(N)=O)cc2[N+](=O)[O-])n1N. The van der Waals surface area contributed by atoms with Crippen molar-refractivity contribution in [2.75, 3.05) is 5.84 Å². The van der Waals surface area contributed by atoms with Crippen LogP contribution in [0.5, 0.6) is 0 Å². The number of aromatic nitrogens is 3. The van der Waals surface area contributed by atoms with E-state index in [9.17, 15) is 14.9 Å². The summed E-state index contributed by atoms with van der Waals surface area (Å²) in [5.74, 6) is 6.59. The van der Waals surface area contributed by atoms with E-state index in [0.29, 0.717) is 27.9 Å². The highest BCUT2D eigenvalue weighted by Gasteiger charge is 2.19. The molecule has 4 N–H and O–H groups in total. The molecule has 0 aliphatic heterocycles. The first kappa shape index (κ1) is 17.5. The molecule has 0 unspecified atom stereocenters. The van der Waals surface area contributed by atoms with Crippen LogP contribution in [0, 0.1) is 17.0 Å². The highest BCUT2D eigenvalue weighted by atomic mass is 32.2. The van der Waals surface area contributed by atoms with Crippen molar-refractivity contribution >= 4 is 23.4 Å². The van der Waals surface area contributed by atoms with Gasteiger partial charge in [0.1, 0.15) is 5.76 Å². The topological polar surface area (TPSA) is 156 Å². The maximum absolute atomic E-state index is 11.2. The van der Waals surface area contributed by atoms with E-state index in [1.165, 1.54) is 34.8 Å². The lowest BCUT2D eigenvalue weighted by Gasteiger charge is -2.05. The summed E-state index contributed by atoms with van der Waals surface area (Å²) in [6.45, 7) is 1.78. The number of nitrogen functional groups attached to an aromatic ring is 1. The zero-order valence-corrected chi connectivity index (χ0v) is 14.4. The van der Waals surface area contributed by atoms with Gasteiger partial charge in [-0.25, -0.2) is 4.68 Å². The van der Waals surface area contributed by atoms with E-state index in [4.69, 9.17) is 16.0 Å². The van der Waals surface area contributed by atoms with E-state index in [0.717, 1.165) is 6.07 Å². The van der Waals surface area contributed by atoms with Crippen LogP contribution in [0.1, 0.15) is 21.7 Å². The van der Waals surface area contributed by atoms with Gasteiger partial charge in [-0.3, -0.25) is 14.9 Å². The molecule has 10 nitrogen and oxygen atoms in total. The Morgan fingerprint density at radius 2 is 2.15 bits per heavy atom. The molecule has 134 valence electrons. The van der Waals surface area contributed by atoms with Crippen molar-refractivity contribution < 1.29 is 14.1 Å². The van der Waals surface area contributed by atoms with Gasteiger partial charge in [0.05, 0.1) is 16.7 Å². The van der Waals surface area contributed by atoms with Crippen molar-refractivity contribution in [3.63, 3.8) is 0 Å². The fraction of sp³-hybridized carbons (Fsp3) is 0.133. The van der Waals surface area contributed by atoms with Gasteiger partial charge in [-0.1, -0.05) is 17.8 Å². The van der Waals surface area contributed by atoms with Gasteiger partial charge in [0.15, 0.2) is 5.82 Å². The van der Waals surface area contributed by atoms with Gasteiger partial charge in [-0.05, 0) is 19.1 Å². The van der Waals surface area contributed by atoms with Gasteiger partial charge in [0.2, 0.25) is 11.1 Å². The Morgan fingerprint density at radius 3 is 2.77 bits per heavy atom. The first-order valence-electron chi connectivity index (χ1n) is 7.33. The Hall–Kier alpha value is -3.34. The number of amides is 1. The second-order valence-corrected chi connectivity index (χ2v) is 6.26. The molecule has 0 saturated carbocycles. The molecule has 0 saturated heterocycles. The van der Waals surface area contributed by atoms with Crippen LogP contribution in [0.3, 0.4) is 0 Å². The number of benzene rings is 1. The third-order valence-electron chi connectivity index (χ3n) is 3.69. The number of nitro benzene ring substituents is 1. The number of hydrogen-bond acceptors (Lipinski definition) is 8. The Labute approximate surface area is 151 Å². The van der Waals surface area contributed by atoms with Crippen LogP contribution < -0.4 is 11.6 Å². The first-order valence-corrected chi connectivity index (χ1v) is 8.32. The van der Waals surface area contributed by atoms with Gasteiger partial charge < -0.3 is 16.0 Å². The van der Waals surface area contributed by atoms with E-state index >= 15 is 0 Å². The zero-order chi connectivity index (χ0) is 18.8. The average molecular weight is 374 g/mol. The van der Waals surface area contributed by atoms with Crippen molar-refractivity contribution in [1.29, 1.82) is 0 Å². The Bertz CT molecular complexity index is 996. The minimum atomic E-state index is -0.728. The molecule has 1 aromatic carbocycles. The predicted octanol–water partition coefficient (Wildman–Crippen LogP) is 1.86. The number of carbonyl (C=O) groups excluding carboxylic acids is 1. The summed E-state index contributed by atoms with van der Waals surface area (Å²) in [7, 11) is 0. The summed E-state index contributed by atoms with van der Waals surface area (Å²) in [5, 5.41) is 19.7. The van der Waals surface area contributed by atoms with Gasteiger partial charge in [0.25, 0.3) is 5.69 Å². The van der Waals surface area contributed by atoms with Crippen LogP contribution in [0.25, 0.3) is 11.4 Å². The minimum Gasteiger partial charge on any atom is -0.469 e. The van der Waals surface area contributed by atoms with Crippen molar-refractivity contribution in [3.05, 3.63) is 57.5 Å². The number of carbonyl (C=O) groups is 1. The van der Waals surface area contributed by atoms with E-state index < -0.39 is 10.8 Å². The molecule has 0 bridgehead atoms. The standard InChI is InChI=1S/C15H14N6O4S/c1-8-11(4-5-25-8)14-18-19-15(20(14)17)26-7-10-3-2-9(13(16)22)6-12(10)21(23)24/h2-6H,7,17H2,1H3,(H2,16,22). The molecular weight excluding hydrogens is 360 g/mol. The minimum absolute atomic E-state index is 0.0742. The van der Waals surface area contributed by atoms with Crippen LogP contribution in [0.2, 0.25) is 0 Å². The molecule has 0 spiro atoms. The number of primary amides is 1. The van der Waals surface area contributed by atoms with Gasteiger partial charge in [-0.15, -0.1) is 10.2 Å². The van der Waals surface area contributed by atoms with Crippen molar-refractivity contribution in [2.45, 2.75) is 17.8 Å². The predicted molar refractivity (Wildman–Crippen MR) is 93.8 cm³/mol. The van der Waals surface area contributed by atoms with Crippen molar-refractivity contribution in [3.8, 4) is 11.4 Å². The number of rotatable bonds is 6. The molecule has 0 radical (unpaired) electrons. The summed E-state index contributed by atoms with van der Waals surface area (Å²) < 4.78 is 6.53. The second-order valence-electron chi connectivity index (χ2n) is 5.32. The summed E-state index contributed by atoms with van der Waals surface area (Å²) in [5.41, 5.74) is 6.17. The molecule has 2 aromatic heterocycles. The molecule has 0 aliphatic rings. The Kier molecular flexibility index (Phi) is 4.63. The van der Waals surface area contributed by atoms with Crippen LogP contribution in [0.15, 0.2) is 40.1 Å². The number of furan rings is 1. The molecular formula is C15H14N6O4S. The van der Waals surface area contributed by atoms with E-state index in [1.807, 2.05) is 0 Å². The highest BCUT2D eigenvalue weighted by Crippen LogP contribution is 2.30. The number of nitrogens with two attached hydrogens (primary N) is 2. The quantitative estimate of drug-likeness (QED) is 0.286. The number of aryl methyl sites for hydroxylation is 1. The first-order chi connectivity index (χ1) is 12.4. The number of nitro groups is 1. The number of nitrogens with zero attached hydrogens (tertiary/aromatic N) is 4. The molecule has 1 amide bonds. The van der Waals surface area contributed by atoms with Crippen LogP contribution in [-0.2, 0) is 5.75 Å². The maximum Gasteiger partial charge on any atom is 0.274 e. The van der Waals surface area contributed by atoms with Crippen LogP contribution >= 0.6 is 11.8 Å². The lowest BCUT2D eigenvalue weighted by atomic mass is 10.1. The van der Waals surface area contributed by atoms with Gasteiger partial charge >= 0.3 is 0 Å².